The highest BCUT2D eigenvalue weighted by Crippen LogP contribution is 2.47. The van der Waals surface area contributed by atoms with Crippen molar-refractivity contribution in [3.8, 4) is 11.5 Å². The Hall–Kier alpha value is -2.02. The number of ether oxygens (including phenoxy) is 3. The molecule has 0 amide bonds. The smallest absolute Gasteiger partial charge is 0.229 e. The molecule has 0 unspecified atom stereocenters. The Labute approximate surface area is 254 Å². The van der Waals surface area contributed by atoms with Crippen molar-refractivity contribution < 1.29 is 50.0 Å². The number of phenolic OH excluding ortho intramolecular Hbond substituents is 1. The zero-order valence-electron chi connectivity index (χ0n) is 25.7. The van der Waals surface area contributed by atoms with Gasteiger partial charge in [0.25, 0.3) is 0 Å². The normalized spacial score (nSPS) is 38.4. The van der Waals surface area contributed by atoms with Crippen LogP contribution in [0, 0.1) is 17.8 Å². The summed E-state index contributed by atoms with van der Waals surface area (Å²) in [7, 11) is 0. The van der Waals surface area contributed by atoms with Crippen LogP contribution in [0.25, 0.3) is 0 Å². The van der Waals surface area contributed by atoms with Gasteiger partial charge >= 0.3 is 0 Å². The number of aliphatic hydroxyl groups is 6. The van der Waals surface area contributed by atoms with E-state index < -0.39 is 67.5 Å². The molecule has 10 heteroatoms. The number of rotatable bonds is 10. The molecule has 1 saturated heterocycles. The molecule has 1 aromatic carbocycles. The molecule has 12 atom stereocenters. The van der Waals surface area contributed by atoms with Gasteiger partial charge < -0.3 is 50.0 Å². The van der Waals surface area contributed by atoms with Gasteiger partial charge in [-0.1, -0.05) is 44.1 Å². The Morgan fingerprint density at radius 1 is 1.05 bits per heavy atom. The van der Waals surface area contributed by atoms with Crippen molar-refractivity contribution in [1.29, 1.82) is 0 Å². The van der Waals surface area contributed by atoms with Gasteiger partial charge in [0.05, 0.1) is 24.9 Å². The molecule has 10 nitrogen and oxygen atoms in total. The van der Waals surface area contributed by atoms with Gasteiger partial charge in [0.2, 0.25) is 6.29 Å². The standard InChI is InChI=1S/C33H50O10/c1-6-7-19-11-23(36)27(22-10-17(4)8-9-21(22)16(2)3)24(12-19)42-33-31(40)32(30(39)26(15-35)43-33)41-25-13-20(14-34)28(37)18(5)29(25)38/h10-12,18,20-22,25-26,28-40H,2,6-9,13-15H2,1,3-5H3/t18-,20+,21-,22+,25+,26+,28-,29+,30+,31+,32-,33+/m0/s1. The van der Waals surface area contributed by atoms with Crippen LogP contribution in [0.5, 0.6) is 11.5 Å². The molecule has 0 bridgehead atoms. The molecule has 43 heavy (non-hydrogen) atoms. The first kappa shape index (κ1) is 33.9. The molecule has 242 valence electrons. The zero-order chi connectivity index (χ0) is 31.6. The van der Waals surface area contributed by atoms with Crippen molar-refractivity contribution >= 4 is 0 Å². The highest BCUT2D eigenvalue weighted by atomic mass is 16.7. The molecule has 1 aliphatic heterocycles. The van der Waals surface area contributed by atoms with Crippen molar-refractivity contribution in [2.45, 2.75) is 115 Å². The molecule has 0 radical (unpaired) electrons. The van der Waals surface area contributed by atoms with E-state index in [1.165, 1.54) is 5.57 Å². The lowest BCUT2D eigenvalue weighted by molar-refractivity contribution is -0.302. The average Bonchev–Trinajstić information content (AvgIpc) is 2.96. The highest BCUT2D eigenvalue weighted by Gasteiger charge is 2.50. The Morgan fingerprint density at radius 3 is 2.40 bits per heavy atom. The summed E-state index contributed by atoms with van der Waals surface area (Å²) < 4.78 is 18.3. The predicted molar refractivity (Wildman–Crippen MR) is 160 cm³/mol. The van der Waals surface area contributed by atoms with Crippen molar-refractivity contribution in [2.24, 2.45) is 17.8 Å². The fraction of sp³-hybridized carbons (Fsp3) is 0.697. The van der Waals surface area contributed by atoms with E-state index in [1.807, 2.05) is 19.9 Å². The highest BCUT2D eigenvalue weighted by molar-refractivity contribution is 5.52. The van der Waals surface area contributed by atoms with Gasteiger partial charge in [-0.2, -0.15) is 0 Å². The maximum absolute atomic E-state index is 11.5. The molecular formula is C33H50O10. The van der Waals surface area contributed by atoms with Crippen LogP contribution < -0.4 is 4.74 Å². The molecule has 0 spiro atoms. The van der Waals surface area contributed by atoms with E-state index in [0.29, 0.717) is 17.7 Å². The average molecular weight is 607 g/mol. The van der Waals surface area contributed by atoms with E-state index >= 15 is 0 Å². The zero-order valence-corrected chi connectivity index (χ0v) is 25.7. The van der Waals surface area contributed by atoms with Crippen LogP contribution in [0.1, 0.15) is 70.4 Å². The molecule has 3 aliphatic rings. The third-order valence-electron chi connectivity index (χ3n) is 9.54. The van der Waals surface area contributed by atoms with Gasteiger partial charge in [-0.05, 0) is 63.1 Å². The topological polar surface area (TPSA) is 169 Å². The summed E-state index contributed by atoms with van der Waals surface area (Å²) in [6.45, 7) is 11.0. The van der Waals surface area contributed by atoms with Gasteiger partial charge in [0.1, 0.15) is 35.9 Å². The first-order chi connectivity index (χ1) is 20.4. The maximum Gasteiger partial charge on any atom is 0.229 e. The van der Waals surface area contributed by atoms with E-state index in [0.717, 1.165) is 30.4 Å². The fourth-order valence-electron chi connectivity index (χ4n) is 6.94. The summed E-state index contributed by atoms with van der Waals surface area (Å²) in [6.07, 6.45) is -4.37. The molecule has 2 fully saturated rings. The second kappa shape index (κ2) is 14.4. The second-order valence-electron chi connectivity index (χ2n) is 12.8. The fourth-order valence-corrected chi connectivity index (χ4v) is 6.94. The van der Waals surface area contributed by atoms with Crippen molar-refractivity contribution in [2.75, 3.05) is 13.2 Å². The van der Waals surface area contributed by atoms with Crippen molar-refractivity contribution in [1.82, 2.24) is 0 Å². The number of hydrogen-bond acceptors (Lipinski definition) is 10. The molecule has 4 rings (SSSR count). The van der Waals surface area contributed by atoms with Crippen LogP contribution in [-0.4, -0.2) is 98.0 Å². The minimum Gasteiger partial charge on any atom is -0.507 e. The van der Waals surface area contributed by atoms with Crippen molar-refractivity contribution in [3.05, 3.63) is 47.1 Å². The van der Waals surface area contributed by atoms with Gasteiger partial charge in [0, 0.05) is 29.9 Å². The van der Waals surface area contributed by atoms with E-state index in [4.69, 9.17) is 14.2 Å². The summed E-state index contributed by atoms with van der Waals surface area (Å²) in [5.41, 5.74) is 3.55. The lowest BCUT2D eigenvalue weighted by Crippen LogP contribution is -2.63. The lowest BCUT2D eigenvalue weighted by Gasteiger charge is -2.46. The molecule has 1 heterocycles. The Kier molecular flexibility index (Phi) is 11.3. The monoisotopic (exact) mass is 606 g/mol. The number of aromatic hydroxyl groups is 1. The van der Waals surface area contributed by atoms with Gasteiger partial charge in [0.15, 0.2) is 0 Å². The number of allylic oxidation sites excluding steroid dienone is 3. The summed E-state index contributed by atoms with van der Waals surface area (Å²) >= 11 is 0. The summed E-state index contributed by atoms with van der Waals surface area (Å²) in [5.74, 6) is -0.975. The molecule has 7 N–H and O–H groups in total. The minimum atomic E-state index is -1.55. The largest absolute Gasteiger partial charge is 0.507 e. The maximum atomic E-state index is 11.5. The Bertz CT molecular complexity index is 1130. The third-order valence-corrected chi connectivity index (χ3v) is 9.54. The van der Waals surface area contributed by atoms with E-state index in [2.05, 4.69) is 19.6 Å². The number of aryl methyl sites for hydroxylation is 1. The predicted octanol–water partition coefficient (Wildman–Crippen LogP) is 2.30. The van der Waals surface area contributed by atoms with E-state index in [1.54, 1.807) is 13.0 Å². The lowest BCUT2D eigenvalue weighted by atomic mass is 9.73. The third kappa shape index (κ3) is 7.12. The van der Waals surface area contributed by atoms with E-state index in [-0.39, 0.29) is 30.6 Å². The molecule has 1 saturated carbocycles. The van der Waals surface area contributed by atoms with Crippen LogP contribution in [0.4, 0.5) is 0 Å². The SMILES string of the molecule is C=C(C)[C@@H]1CCC(C)=C[C@H]1c1c(O)cc(CCC)cc1O[C@@H]1O[C@H](CO)[C@@H](O)[C@H](O[C@@H]2C[C@H](CO)[C@@H](O)[C@H](C)[C@H]2O)[C@H]1O. The second-order valence-corrected chi connectivity index (χ2v) is 12.8. The first-order valence-corrected chi connectivity index (χ1v) is 15.5. The Morgan fingerprint density at radius 2 is 1.77 bits per heavy atom. The molecule has 0 aromatic heterocycles. The van der Waals surface area contributed by atoms with E-state index in [9.17, 15) is 35.7 Å². The van der Waals surface area contributed by atoms with Crippen LogP contribution >= 0.6 is 0 Å². The number of benzene rings is 1. The number of hydrogen-bond donors (Lipinski definition) is 7. The molecule has 1 aromatic rings. The van der Waals surface area contributed by atoms with Crippen LogP contribution in [0.2, 0.25) is 0 Å². The van der Waals surface area contributed by atoms with Crippen LogP contribution in [0.15, 0.2) is 35.9 Å². The van der Waals surface area contributed by atoms with Crippen LogP contribution in [-0.2, 0) is 15.9 Å². The molecule has 2 aliphatic carbocycles. The van der Waals surface area contributed by atoms with Crippen molar-refractivity contribution in [3.63, 3.8) is 0 Å². The molecular weight excluding hydrogens is 556 g/mol. The quantitative estimate of drug-likeness (QED) is 0.196. The first-order valence-electron chi connectivity index (χ1n) is 15.5. The van der Waals surface area contributed by atoms with Gasteiger partial charge in [-0.3, -0.25) is 0 Å². The number of aliphatic hydroxyl groups excluding tert-OH is 6. The summed E-state index contributed by atoms with van der Waals surface area (Å²) in [4.78, 5) is 0. The summed E-state index contributed by atoms with van der Waals surface area (Å²) in [5, 5.41) is 74.9. The number of phenols is 1. The Balaban J connectivity index is 1.69. The van der Waals surface area contributed by atoms with Gasteiger partial charge in [-0.15, -0.1) is 0 Å². The summed E-state index contributed by atoms with van der Waals surface area (Å²) in [6, 6.07) is 3.57. The minimum absolute atomic E-state index is 0.0545. The van der Waals surface area contributed by atoms with Gasteiger partial charge in [-0.25, -0.2) is 0 Å². The van der Waals surface area contributed by atoms with Crippen LogP contribution in [0.3, 0.4) is 0 Å².